The molecule has 2 heteroatoms. The highest BCUT2D eigenvalue weighted by molar-refractivity contribution is 4.67. The fourth-order valence-corrected chi connectivity index (χ4v) is 2.22. The Bertz CT molecular complexity index is 131. The minimum atomic E-state index is 0.746. The maximum atomic E-state index is 3.70. The lowest BCUT2D eigenvalue weighted by Crippen LogP contribution is -2.37. The van der Waals surface area contributed by atoms with Crippen molar-refractivity contribution in [3.05, 3.63) is 0 Å². The van der Waals surface area contributed by atoms with Crippen LogP contribution in [0.15, 0.2) is 0 Å². The van der Waals surface area contributed by atoms with Gasteiger partial charge in [0.1, 0.15) is 0 Å². The zero-order valence-corrected chi connectivity index (χ0v) is 11.9. The largest absolute Gasteiger partial charge is 0.313 e. The monoisotopic (exact) mass is 228 g/mol. The summed E-state index contributed by atoms with van der Waals surface area (Å²) in [5, 5.41) is 3.70. The van der Waals surface area contributed by atoms with E-state index in [1.807, 2.05) is 0 Å². The molecule has 1 N–H and O–H groups in total. The van der Waals surface area contributed by atoms with Crippen molar-refractivity contribution in [2.24, 2.45) is 0 Å². The normalized spacial score (nSPS) is 11.6. The van der Waals surface area contributed by atoms with Gasteiger partial charge < -0.3 is 10.2 Å². The molecule has 98 valence electrons. The highest BCUT2D eigenvalue weighted by Gasteiger charge is 2.06. The first kappa shape index (κ1) is 15.9. The van der Waals surface area contributed by atoms with E-state index < -0.39 is 0 Å². The first-order valence-electron chi connectivity index (χ1n) is 7.24. The van der Waals surface area contributed by atoms with Crippen LogP contribution in [-0.2, 0) is 0 Å². The van der Waals surface area contributed by atoms with Crippen LogP contribution in [-0.4, -0.2) is 37.1 Å². The Morgan fingerprint density at radius 3 is 1.94 bits per heavy atom. The molecule has 0 spiro atoms. The molecule has 0 atom stereocenters. The fraction of sp³-hybridized carbons (Fsp3) is 1.00. The standard InChI is InChI=1S/C14H32N2/c1-5-9-14(10-6-2)15-11-13-16(8-4)12-7-3/h14-15H,5-13H2,1-4H3. The second-order valence-corrected chi connectivity index (χ2v) is 4.66. The van der Waals surface area contributed by atoms with Crippen molar-refractivity contribution in [2.75, 3.05) is 26.2 Å². The predicted molar refractivity (Wildman–Crippen MR) is 74.0 cm³/mol. The van der Waals surface area contributed by atoms with Crippen LogP contribution in [0.3, 0.4) is 0 Å². The highest BCUT2D eigenvalue weighted by atomic mass is 15.1. The van der Waals surface area contributed by atoms with Gasteiger partial charge in [-0.15, -0.1) is 0 Å². The summed E-state index contributed by atoms with van der Waals surface area (Å²) in [4.78, 5) is 2.53. The van der Waals surface area contributed by atoms with Crippen molar-refractivity contribution >= 4 is 0 Å². The summed E-state index contributed by atoms with van der Waals surface area (Å²) >= 11 is 0. The third kappa shape index (κ3) is 8.12. The second kappa shape index (κ2) is 11.4. The minimum absolute atomic E-state index is 0.746. The Balaban J connectivity index is 3.65. The minimum Gasteiger partial charge on any atom is -0.313 e. The van der Waals surface area contributed by atoms with E-state index >= 15 is 0 Å². The molecule has 0 aliphatic carbocycles. The molecule has 16 heavy (non-hydrogen) atoms. The van der Waals surface area contributed by atoms with Gasteiger partial charge in [-0.3, -0.25) is 0 Å². The molecule has 0 aliphatic heterocycles. The average molecular weight is 228 g/mol. The molecule has 0 amide bonds. The molecule has 0 bridgehead atoms. The molecule has 0 saturated carbocycles. The molecule has 0 unspecified atom stereocenters. The Morgan fingerprint density at radius 2 is 1.50 bits per heavy atom. The topological polar surface area (TPSA) is 15.3 Å². The van der Waals surface area contributed by atoms with Gasteiger partial charge in [-0.05, 0) is 32.4 Å². The van der Waals surface area contributed by atoms with Gasteiger partial charge in [0.05, 0.1) is 0 Å². The van der Waals surface area contributed by atoms with E-state index in [4.69, 9.17) is 0 Å². The first-order valence-corrected chi connectivity index (χ1v) is 7.24. The van der Waals surface area contributed by atoms with Gasteiger partial charge in [0.25, 0.3) is 0 Å². The third-order valence-corrected chi connectivity index (χ3v) is 3.12. The summed E-state index contributed by atoms with van der Waals surface area (Å²) in [6.07, 6.45) is 6.51. The molecule has 0 rings (SSSR count). The lowest BCUT2D eigenvalue weighted by molar-refractivity contribution is 0.279. The number of likely N-dealkylation sites (N-methyl/N-ethyl adjacent to an activating group) is 1. The van der Waals surface area contributed by atoms with E-state index in [0.29, 0.717) is 0 Å². The summed E-state index contributed by atoms with van der Waals surface area (Å²) in [5.74, 6) is 0. The van der Waals surface area contributed by atoms with E-state index in [0.717, 1.165) is 12.6 Å². The molecule has 0 radical (unpaired) electrons. The van der Waals surface area contributed by atoms with Crippen molar-refractivity contribution in [3.63, 3.8) is 0 Å². The van der Waals surface area contributed by atoms with Crippen molar-refractivity contribution in [3.8, 4) is 0 Å². The second-order valence-electron chi connectivity index (χ2n) is 4.66. The van der Waals surface area contributed by atoms with Crippen LogP contribution in [0.25, 0.3) is 0 Å². The number of rotatable bonds is 11. The van der Waals surface area contributed by atoms with Gasteiger partial charge in [0, 0.05) is 19.1 Å². The van der Waals surface area contributed by atoms with Gasteiger partial charge in [0.2, 0.25) is 0 Å². The van der Waals surface area contributed by atoms with Crippen LogP contribution in [0, 0.1) is 0 Å². The van der Waals surface area contributed by atoms with Crippen LogP contribution in [0.5, 0.6) is 0 Å². The van der Waals surface area contributed by atoms with Crippen LogP contribution in [0.2, 0.25) is 0 Å². The molecule has 0 aromatic rings. The van der Waals surface area contributed by atoms with Crippen molar-refractivity contribution < 1.29 is 0 Å². The zero-order chi connectivity index (χ0) is 12.2. The SMILES string of the molecule is CCCC(CCC)NCCN(CC)CCC. The van der Waals surface area contributed by atoms with Gasteiger partial charge in [-0.2, -0.15) is 0 Å². The molecule has 0 aromatic carbocycles. The van der Waals surface area contributed by atoms with E-state index in [2.05, 4.69) is 37.9 Å². The molecule has 0 heterocycles. The number of nitrogens with one attached hydrogen (secondary N) is 1. The smallest absolute Gasteiger partial charge is 0.0107 e. The third-order valence-electron chi connectivity index (χ3n) is 3.12. The summed E-state index contributed by atoms with van der Waals surface area (Å²) < 4.78 is 0. The Labute approximate surface area is 103 Å². The molecule has 0 aromatic heterocycles. The highest BCUT2D eigenvalue weighted by Crippen LogP contribution is 2.04. The van der Waals surface area contributed by atoms with Gasteiger partial charge in [-0.1, -0.05) is 40.5 Å². The Kier molecular flexibility index (Phi) is 11.3. The van der Waals surface area contributed by atoms with Crippen LogP contribution >= 0.6 is 0 Å². The quantitative estimate of drug-likeness (QED) is 0.584. The van der Waals surface area contributed by atoms with Crippen molar-refractivity contribution in [1.29, 1.82) is 0 Å². The zero-order valence-electron chi connectivity index (χ0n) is 11.9. The predicted octanol–water partition coefficient (Wildman–Crippen LogP) is 3.28. The summed E-state index contributed by atoms with van der Waals surface area (Å²) in [7, 11) is 0. The summed E-state index contributed by atoms with van der Waals surface area (Å²) in [6.45, 7) is 13.8. The van der Waals surface area contributed by atoms with Crippen molar-refractivity contribution in [2.45, 2.75) is 65.8 Å². The number of nitrogens with zero attached hydrogens (tertiary/aromatic N) is 1. The van der Waals surface area contributed by atoms with Gasteiger partial charge in [-0.25, -0.2) is 0 Å². The molecular formula is C14H32N2. The molecular weight excluding hydrogens is 196 g/mol. The lowest BCUT2D eigenvalue weighted by atomic mass is 10.1. The molecule has 0 aliphatic rings. The molecule has 0 saturated heterocycles. The number of hydrogen-bond donors (Lipinski definition) is 1. The average Bonchev–Trinajstić information content (AvgIpc) is 2.28. The van der Waals surface area contributed by atoms with E-state index in [-0.39, 0.29) is 0 Å². The first-order chi connectivity index (χ1) is 7.78. The van der Waals surface area contributed by atoms with E-state index in [1.165, 1.54) is 51.7 Å². The van der Waals surface area contributed by atoms with Crippen LogP contribution in [0.4, 0.5) is 0 Å². The van der Waals surface area contributed by atoms with Crippen LogP contribution in [0.1, 0.15) is 59.8 Å². The van der Waals surface area contributed by atoms with E-state index in [9.17, 15) is 0 Å². The Hall–Kier alpha value is -0.0800. The maximum absolute atomic E-state index is 3.70. The summed E-state index contributed by atoms with van der Waals surface area (Å²) in [6, 6.07) is 0.746. The van der Waals surface area contributed by atoms with Gasteiger partial charge in [0.15, 0.2) is 0 Å². The van der Waals surface area contributed by atoms with Gasteiger partial charge >= 0.3 is 0 Å². The van der Waals surface area contributed by atoms with Crippen molar-refractivity contribution in [1.82, 2.24) is 10.2 Å². The number of hydrogen-bond acceptors (Lipinski definition) is 2. The fourth-order valence-electron chi connectivity index (χ4n) is 2.22. The van der Waals surface area contributed by atoms with E-state index in [1.54, 1.807) is 0 Å². The summed E-state index contributed by atoms with van der Waals surface area (Å²) in [5.41, 5.74) is 0. The van der Waals surface area contributed by atoms with Crippen LogP contribution < -0.4 is 5.32 Å². The Morgan fingerprint density at radius 1 is 0.875 bits per heavy atom. The lowest BCUT2D eigenvalue weighted by Gasteiger charge is -2.22. The molecule has 0 fully saturated rings. The maximum Gasteiger partial charge on any atom is 0.0107 e. The molecule has 2 nitrogen and oxygen atoms in total.